The molecule has 0 aromatic heterocycles. The van der Waals surface area contributed by atoms with Crippen molar-refractivity contribution in [3.05, 3.63) is 0 Å². The molecular formula is C19H28O8. The summed E-state index contributed by atoms with van der Waals surface area (Å²) in [4.78, 5) is 23.3. The Morgan fingerprint density at radius 1 is 1.11 bits per heavy atom. The average Bonchev–Trinajstić information content (AvgIpc) is 2.67. The molecule has 152 valence electrons. The smallest absolute Gasteiger partial charge is 0.303 e. The monoisotopic (exact) mass is 384 g/mol. The second-order valence-corrected chi connectivity index (χ2v) is 9.23. The van der Waals surface area contributed by atoms with Gasteiger partial charge in [0.05, 0.1) is 17.1 Å². The summed E-state index contributed by atoms with van der Waals surface area (Å²) in [6.45, 7) is 6.05. The highest BCUT2D eigenvalue weighted by Gasteiger charge is 2.86. The molecule has 5 fully saturated rings. The van der Waals surface area contributed by atoms with E-state index in [0.717, 1.165) is 0 Å². The Bertz CT molecular complexity index is 691. The topological polar surface area (TPSA) is 123 Å². The Labute approximate surface area is 157 Å². The summed E-state index contributed by atoms with van der Waals surface area (Å²) in [5.41, 5.74) is -4.53. The third-order valence-electron chi connectivity index (χ3n) is 8.03. The van der Waals surface area contributed by atoms with Crippen LogP contribution in [-0.2, 0) is 23.8 Å². The van der Waals surface area contributed by atoms with Crippen molar-refractivity contribution in [2.24, 2.45) is 16.7 Å². The molecule has 0 spiro atoms. The largest absolute Gasteiger partial charge is 0.465 e. The van der Waals surface area contributed by atoms with Gasteiger partial charge in [-0.3, -0.25) is 9.59 Å². The minimum absolute atomic E-state index is 0.0321. The van der Waals surface area contributed by atoms with Gasteiger partial charge < -0.3 is 29.5 Å². The molecule has 5 rings (SSSR count). The Hall–Kier alpha value is -1.22. The summed E-state index contributed by atoms with van der Waals surface area (Å²) in [5.74, 6) is -1.40. The molecule has 0 aromatic rings. The van der Waals surface area contributed by atoms with E-state index in [1.165, 1.54) is 13.8 Å². The predicted octanol–water partition coefficient (Wildman–Crippen LogP) is -0.0884. The molecule has 8 heteroatoms. The molecule has 3 saturated carbocycles. The van der Waals surface area contributed by atoms with Crippen LogP contribution < -0.4 is 0 Å². The van der Waals surface area contributed by atoms with Crippen molar-refractivity contribution in [2.75, 3.05) is 6.61 Å². The summed E-state index contributed by atoms with van der Waals surface area (Å²) in [7, 11) is 0. The van der Waals surface area contributed by atoms with Crippen molar-refractivity contribution < 1.29 is 39.1 Å². The number of carbonyl (C=O) groups is 2. The summed E-state index contributed by atoms with van der Waals surface area (Å²) >= 11 is 0. The maximum absolute atomic E-state index is 11.8. The average molecular weight is 384 g/mol. The predicted molar refractivity (Wildman–Crippen MR) is 90.3 cm³/mol. The Morgan fingerprint density at radius 3 is 2.37 bits per heavy atom. The fourth-order valence-electron chi connectivity index (χ4n) is 6.58. The van der Waals surface area contributed by atoms with E-state index in [1.54, 1.807) is 13.8 Å². The van der Waals surface area contributed by atoms with Crippen molar-refractivity contribution in [1.82, 2.24) is 0 Å². The van der Waals surface area contributed by atoms with Gasteiger partial charge in [-0.2, -0.15) is 0 Å². The van der Waals surface area contributed by atoms with E-state index in [9.17, 15) is 24.9 Å². The summed E-state index contributed by atoms with van der Waals surface area (Å²) in [5, 5.41) is 33.6. The molecule has 0 radical (unpaired) electrons. The zero-order valence-electron chi connectivity index (χ0n) is 16.1. The van der Waals surface area contributed by atoms with Gasteiger partial charge in [-0.15, -0.1) is 0 Å². The van der Waals surface area contributed by atoms with E-state index >= 15 is 0 Å². The van der Waals surface area contributed by atoms with Crippen LogP contribution in [0.25, 0.3) is 0 Å². The summed E-state index contributed by atoms with van der Waals surface area (Å²) in [6.07, 6.45) is -2.58. The number of aliphatic hydroxyl groups is 3. The molecule has 3 N–H and O–H groups in total. The molecule has 3 aliphatic carbocycles. The molecule has 0 aromatic carbocycles. The van der Waals surface area contributed by atoms with Gasteiger partial charge in [0, 0.05) is 25.2 Å². The summed E-state index contributed by atoms with van der Waals surface area (Å²) in [6, 6.07) is 0. The molecule has 2 aliphatic heterocycles. The Morgan fingerprint density at radius 2 is 1.78 bits per heavy atom. The number of hydrogen-bond acceptors (Lipinski definition) is 8. The van der Waals surface area contributed by atoms with Crippen LogP contribution in [0.3, 0.4) is 0 Å². The highest BCUT2D eigenvalue weighted by molar-refractivity contribution is 5.67. The molecule has 2 saturated heterocycles. The first-order valence-electron chi connectivity index (χ1n) is 9.49. The standard InChI is InChI=1S/C19H28O8/c1-9(20)25-8-18-6-5-16(3,23)11-7-19(24)15(27-13(11)18)12(22)14(17(18,19)4)26-10(2)21/h11-15,22-24H,5-8H2,1-4H3/t11-,12+,13+,14+,15+,16-,17+,18+,19-/m0/s1. The molecule has 0 unspecified atom stereocenters. The van der Waals surface area contributed by atoms with Crippen LogP contribution >= 0.6 is 0 Å². The number of aliphatic hydroxyl groups excluding tert-OH is 1. The zero-order chi connectivity index (χ0) is 20.0. The number of esters is 2. The highest BCUT2D eigenvalue weighted by atomic mass is 16.6. The third kappa shape index (κ3) is 2.07. The van der Waals surface area contributed by atoms with Crippen LogP contribution in [0.15, 0.2) is 0 Å². The maximum Gasteiger partial charge on any atom is 0.303 e. The quantitative estimate of drug-likeness (QED) is 0.577. The maximum atomic E-state index is 11.8. The van der Waals surface area contributed by atoms with Crippen LogP contribution in [0.4, 0.5) is 0 Å². The van der Waals surface area contributed by atoms with Crippen LogP contribution in [0, 0.1) is 16.7 Å². The Balaban J connectivity index is 1.88. The highest BCUT2D eigenvalue weighted by Crippen LogP contribution is 2.74. The molecule has 9 atom stereocenters. The number of ether oxygens (including phenoxy) is 3. The van der Waals surface area contributed by atoms with Crippen molar-refractivity contribution >= 4 is 11.9 Å². The van der Waals surface area contributed by atoms with Crippen molar-refractivity contribution in [3.8, 4) is 0 Å². The van der Waals surface area contributed by atoms with E-state index in [1.807, 2.05) is 0 Å². The van der Waals surface area contributed by atoms with Gasteiger partial charge in [-0.05, 0) is 26.2 Å². The number of rotatable bonds is 3. The van der Waals surface area contributed by atoms with Crippen LogP contribution in [-0.4, -0.2) is 69.5 Å². The first-order valence-corrected chi connectivity index (χ1v) is 9.49. The molecule has 6 bridgehead atoms. The lowest BCUT2D eigenvalue weighted by Gasteiger charge is -2.71. The second-order valence-electron chi connectivity index (χ2n) is 9.23. The SMILES string of the molecule is CC(=O)OC[C@]12CC[C@](C)(O)[C@H]3C[C@]4(O)[C@H](O[C@H]31)[C@H](O)[C@@H](OC(C)=O)[C@]24C. The van der Waals surface area contributed by atoms with Gasteiger partial charge in [-0.1, -0.05) is 6.92 Å². The van der Waals surface area contributed by atoms with Crippen molar-refractivity contribution in [3.63, 3.8) is 0 Å². The van der Waals surface area contributed by atoms with Gasteiger partial charge in [0.2, 0.25) is 0 Å². The lowest BCUT2D eigenvalue weighted by atomic mass is 9.40. The first kappa shape index (κ1) is 19.1. The minimum atomic E-state index is -1.52. The van der Waals surface area contributed by atoms with E-state index in [0.29, 0.717) is 12.8 Å². The van der Waals surface area contributed by atoms with Crippen molar-refractivity contribution in [1.29, 1.82) is 0 Å². The molecule has 0 amide bonds. The molecule has 27 heavy (non-hydrogen) atoms. The normalized spacial score (nSPS) is 55.3. The van der Waals surface area contributed by atoms with Gasteiger partial charge in [0.25, 0.3) is 0 Å². The molecule has 8 nitrogen and oxygen atoms in total. The Kier molecular flexibility index (Phi) is 3.85. The lowest BCUT2D eigenvalue weighted by Crippen LogP contribution is -2.80. The third-order valence-corrected chi connectivity index (χ3v) is 8.03. The van der Waals surface area contributed by atoms with E-state index in [-0.39, 0.29) is 18.9 Å². The number of hydrogen-bond donors (Lipinski definition) is 3. The van der Waals surface area contributed by atoms with Gasteiger partial charge in [0.1, 0.15) is 30.5 Å². The van der Waals surface area contributed by atoms with E-state index < -0.39 is 58.4 Å². The minimum Gasteiger partial charge on any atom is -0.465 e. The van der Waals surface area contributed by atoms with Crippen LogP contribution in [0.1, 0.15) is 47.0 Å². The van der Waals surface area contributed by atoms with Gasteiger partial charge in [-0.25, -0.2) is 0 Å². The second kappa shape index (κ2) is 5.43. The van der Waals surface area contributed by atoms with Crippen molar-refractivity contribution in [2.45, 2.75) is 82.6 Å². The fraction of sp³-hybridized carbons (Fsp3) is 0.895. The first-order chi connectivity index (χ1) is 12.4. The molecular weight excluding hydrogens is 356 g/mol. The lowest BCUT2D eigenvalue weighted by molar-refractivity contribution is -0.378. The van der Waals surface area contributed by atoms with Gasteiger partial charge >= 0.3 is 11.9 Å². The fourth-order valence-corrected chi connectivity index (χ4v) is 6.58. The summed E-state index contributed by atoms with van der Waals surface area (Å²) < 4.78 is 17.1. The molecule has 2 heterocycles. The van der Waals surface area contributed by atoms with Crippen LogP contribution in [0.5, 0.6) is 0 Å². The van der Waals surface area contributed by atoms with Gasteiger partial charge in [0.15, 0.2) is 0 Å². The van der Waals surface area contributed by atoms with E-state index in [4.69, 9.17) is 14.2 Å². The van der Waals surface area contributed by atoms with Crippen LogP contribution in [0.2, 0.25) is 0 Å². The van der Waals surface area contributed by atoms with E-state index in [2.05, 4.69) is 0 Å². The number of carbonyl (C=O) groups excluding carboxylic acids is 2. The zero-order valence-corrected chi connectivity index (χ0v) is 16.1. The molecule has 5 aliphatic rings.